The Balaban J connectivity index is 1.98. The van der Waals surface area contributed by atoms with Gasteiger partial charge in [0.25, 0.3) is 0 Å². The van der Waals surface area contributed by atoms with Crippen LogP contribution in [0.25, 0.3) is 0 Å². The van der Waals surface area contributed by atoms with Gasteiger partial charge in [0.05, 0.1) is 0 Å². The molecule has 0 bridgehead atoms. The van der Waals surface area contributed by atoms with E-state index in [-0.39, 0.29) is 0 Å². The van der Waals surface area contributed by atoms with Gasteiger partial charge in [-0.25, -0.2) is 0 Å². The maximum Gasteiger partial charge on any atom is 0.0459 e. The first kappa shape index (κ1) is 11.0. The zero-order valence-corrected chi connectivity index (χ0v) is 9.58. The average molecular weight is 225 g/mol. The van der Waals surface area contributed by atoms with Gasteiger partial charge in [-0.15, -0.1) is 0 Å². The Hall–Kier alpha value is -0.530. The predicted octanol–water partition coefficient (Wildman–Crippen LogP) is 3.61. The van der Waals surface area contributed by atoms with Crippen molar-refractivity contribution in [3.8, 4) is 0 Å². The number of hydrogen-bond acceptors (Lipinski definition) is 1. The van der Waals surface area contributed by atoms with Crippen molar-refractivity contribution in [2.24, 2.45) is 5.92 Å². The molecule has 2 heteroatoms. The van der Waals surface area contributed by atoms with Gasteiger partial charge in [0.2, 0.25) is 0 Å². The van der Waals surface area contributed by atoms with Gasteiger partial charge in [0.1, 0.15) is 0 Å². The van der Waals surface area contributed by atoms with Crippen molar-refractivity contribution < 1.29 is 5.11 Å². The zero-order chi connectivity index (χ0) is 10.7. The summed E-state index contributed by atoms with van der Waals surface area (Å²) in [5.41, 5.74) is 1.40. The molecule has 1 aromatic carbocycles. The lowest BCUT2D eigenvalue weighted by Crippen LogP contribution is -2.15. The molecule has 2 rings (SSSR count). The third-order valence-electron chi connectivity index (χ3n) is 3.45. The molecule has 82 valence electrons. The molecule has 0 aromatic heterocycles. The molecule has 0 unspecified atom stereocenters. The minimum absolute atomic E-state index is 0.355. The van der Waals surface area contributed by atoms with Gasteiger partial charge in [0.15, 0.2) is 0 Å². The van der Waals surface area contributed by atoms with E-state index >= 15 is 0 Å². The lowest BCUT2D eigenvalue weighted by Gasteiger charge is -2.27. The highest BCUT2D eigenvalue weighted by molar-refractivity contribution is 6.30. The van der Waals surface area contributed by atoms with Crippen molar-refractivity contribution in [2.45, 2.75) is 31.6 Å². The SMILES string of the molecule is OC[C@H]1CC[C@H](c2ccc(Cl)cc2)CC1. The molecule has 1 saturated carbocycles. The fourth-order valence-corrected chi connectivity index (χ4v) is 2.54. The summed E-state index contributed by atoms with van der Waals surface area (Å²) in [4.78, 5) is 0. The van der Waals surface area contributed by atoms with Crippen molar-refractivity contribution in [3.05, 3.63) is 34.9 Å². The molecule has 0 spiro atoms. The van der Waals surface area contributed by atoms with E-state index in [1.54, 1.807) is 0 Å². The highest BCUT2D eigenvalue weighted by Gasteiger charge is 2.21. The summed E-state index contributed by atoms with van der Waals surface area (Å²) < 4.78 is 0. The largest absolute Gasteiger partial charge is 0.396 e. The molecule has 0 saturated heterocycles. The van der Waals surface area contributed by atoms with Crippen LogP contribution in [-0.4, -0.2) is 11.7 Å². The molecular weight excluding hydrogens is 208 g/mol. The van der Waals surface area contributed by atoms with Crippen LogP contribution in [0.2, 0.25) is 5.02 Å². The fraction of sp³-hybridized carbons (Fsp3) is 0.538. The van der Waals surface area contributed by atoms with Gasteiger partial charge < -0.3 is 5.11 Å². The normalized spacial score (nSPS) is 26.5. The molecular formula is C13H17ClO. The highest BCUT2D eigenvalue weighted by Crippen LogP contribution is 2.35. The van der Waals surface area contributed by atoms with E-state index in [1.165, 1.54) is 18.4 Å². The Labute approximate surface area is 96.1 Å². The van der Waals surface area contributed by atoms with Crippen LogP contribution in [0.3, 0.4) is 0 Å². The first-order valence-electron chi connectivity index (χ1n) is 5.66. The Bertz CT molecular complexity index is 299. The predicted molar refractivity (Wildman–Crippen MR) is 63.2 cm³/mol. The Morgan fingerprint density at radius 2 is 1.67 bits per heavy atom. The summed E-state index contributed by atoms with van der Waals surface area (Å²) in [5.74, 6) is 1.21. The number of aliphatic hydroxyl groups excluding tert-OH is 1. The molecule has 1 nitrogen and oxygen atoms in total. The maximum atomic E-state index is 9.07. The lowest BCUT2D eigenvalue weighted by atomic mass is 9.79. The molecule has 0 radical (unpaired) electrons. The first-order valence-corrected chi connectivity index (χ1v) is 6.03. The van der Waals surface area contributed by atoms with E-state index < -0.39 is 0 Å². The van der Waals surface area contributed by atoms with Crippen molar-refractivity contribution >= 4 is 11.6 Å². The van der Waals surface area contributed by atoms with Gasteiger partial charge in [-0.1, -0.05) is 23.7 Å². The molecule has 15 heavy (non-hydrogen) atoms. The molecule has 0 heterocycles. The highest BCUT2D eigenvalue weighted by atomic mass is 35.5. The van der Waals surface area contributed by atoms with Crippen LogP contribution in [0.1, 0.15) is 37.2 Å². The van der Waals surface area contributed by atoms with Crippen LogP contribution in [0.5, 0.6) is 0 Å². The molecule has 0 atom stereocenters. The van der Waals surface area contributed by atoms with Crippen molar-refractivity contribution in [1.82, 2.24) is 0 Å². The molecule has 1 aliphatic rings. The molecule has 1 aromatic rings. The topological polar surface area (TPSA) is 20.2 Å². The van der Waals surface area contributed by atoms with Crippen LogP contribution in [0.15, 0.2) is 24.3 Å². The smallest absolute Gasteiger partial charge is 0.0459 e. The number of rotatable bonds is 2. The van der Waals surface area contributed by atoms with Gasteiger partial charge >= 0.3 is 0 Å². The van der Waals surface area contributed by atoms with E-state index in [1.807, 2.05) is 12.1 Å². The molecule has 0 aliphatic heterocycles. The second kappa shape index (κ2) is 5.00. The Morgan fingerprint density at radius 3 is 2.20 bits per heavy atom. The van der Waals surface area contributed by atoms with Gasteiger partial charge in [-0.2, -0.15) is 0 Å². The van der Waals surface area contributed by atoms with E-state index in [0.29, 0.717) is 18.4 Å². The van der Waals surface area contributed by atoms with Crippen LogP contribution >= 0.6 is 11.6 Å². The molecule has 1 fully saturated rings. The summed E-state index contributed by atoms with van der Waals surface area (Å²) in [6.45, 7) is 0.355. The summed E-state index contributed by atoms with van der Waals surface area (Å²) >= 11 is 5.86. The third-order valence-corrected chi connectivity index (χ3v) is 3.70. The van der Waals surface area contributed by atoms with Crippen LogP contribution < -0.4 is 0 Å². The van der Waals surface area contributed by atoms with Crippen LogP contribution in [0.4, 0.5) is 0 Å². The van der Waals surface area contributed by atoms with Gasteiger partial charge in [-0.3, -0.25) is 0 Å². The van der Waals surface area contributed by atoms with Crippen LogP contribution in [0, 0.1) is 5.92 Å². The third kappa shape index (κ3) is 2.73. The number of hydrogen-bond donors (Lipinski definition) is 1. The Kier molecular flexibility index (Phi) is 3.66. The quantitative estimate of drug-likeness (QED) is 0.814. The summed E-state index contributed by atoms with van der Waals surface area (Å²) in [7, 11) is 0. The maximum absolute atomic E-state index is 9.07. The van der Waals surface area contributed by atoms with E-state index in [2.05, 4.69) is 12.1 Å². The minimum Gasteiger partial charge on any atom is -0.396 e. The first-order chi connectivity index (χ1) is 7.29. The number of aliphatic hydroxyl groups is 1. The van der Waals surface area contributed by atoms with Gasteiger partial charge in [-0.05, 0) is 55.2 Å². The van der Waals surface area contributed by atoms with E-state index in [0.717, 1.165) is 17.9 Å². The standard InChI is InChI=1S/C13H17ClO/c14-13-7-5-12(6-8-13)11-3-1-10(9-15)2-4-11/h5-8,10-11,15H,1-4,9H2/t10-,11-. The lowest BCUT2D eigenvalue weighted by molar-refractivity contribution is 0.182. The van der Waals surface area contributed by atoms with Gasteiger partial charge in [0, 0.05) is 11.6 Å². The summed E-state index contributed by atoms with van der Waals surface area (Å²) in [5, 5.41) is 9.87. The fourth-order valence-electron chi connectivity index (χ4n) is 2.41. The summed E-state index contributed by atoms with van der Waals surface area (Å²) in [6, 6.07) is 8.20. The van der Waals surface area contributed by atoms with E-state index in [9.17, 15) is 0 Å². The zero-order valence-electron chi connectivity index (χ0n) is 8.82. The molecule has 1 aliphatic carbocycles. The second-order valence-electron chi connectivity index (χ2n) is 4.45. The Morgan fingerprint density at radius 1 is 1.07 bits per heavy atom. The van der Waals surface area contributed by atoms with E-state index in [4.69, 9.17) is 16.7 Å². The second-order valence-corrected chi connectivity index (χ2v) is 4.89. The van der Waals surface area contributed by atoms with Crippen molar-refractivity contribution in [1.29, 1.82) is 0 Å². The monoisotopic (exact) mass is 224 g/mol. The minimum atomic E-state index is 0.355. The van der Waals surface area contributed by atoms with Crippen LogP contribution in [-0.2, 0) is 0 Å². The average Bonchev–Trinajstić information content (AvgIpc) is 2.30. The van der Waals surface area contributed by atoms with Crippen molar-refractivity contribution in [3.63, 3.8) is 0 Å². The molecule has 1 N–H and O–H groups in total. The number of halogens is 1. The number of benzene rings is 1. The molecule has 0 amide bonds. The summed E-state index contributed by atoms with van der Waals surface area (Å²) in [6.07, 6.45) is 4.72. The van der Waals surface area contributed by atoms with Crippen molar-refractivity contribution in [2.75, 3.05) is 6.61 Å².